The van der Waals surface area contributed by atoms with Crippen LogP contribution in [0.2, 0.25) is 0 Å². The van der Waals surface area contributed by atoms with E-state index in [2.05, 4.69) is 241 Å². The van der Waals surface area contributed by atoms with Crippen LogP contribution in [-0.2, 0) is 0 Å². The predicted molar refractivity (Wildman–Crippen MR) is 265 cm³/mol. The van der Waals surface area contributed by atoms with Crippen LogP contribution in [0.4, 0.5) is 11.4 Å². The van der Waals surface area contributed by atoms with E-state index in [1.807, 2.05) is 0 Å². The minimum atomic E-state index is 0.212. The molecule has 1 unspecified atom stereocenters. The first-order valence-corrected chi connectivity index (χ1v) is 21.7. The van der Waals surface area contributed by atoms with E-state index in [-0.39, 0.29) is 5.92 Å². The van der Waals surface area contributed by atoms with Crippen molar-refractivity contribution in [3.05, 3.63) is 245 Å². The van der Waals surface area contributed by atoms with E-state index in [9.17, 15) is 0 Å². The molecule has 0 N–H and O–H groups in total. The lowest BCUT2D eigenvalue weighted by Crippen LogP contribution is -2.20. The smallest absolute Gasteiger partial charge is 0.143 e. The highest BCUT2D eigenvalue weighted by molar-refractivity contribution is 6.16. The third-order valence-electron chi connectivity index (χ3n) is 12.8. The van der Waals surface area contributed by atoms with Gasteiger partial charge in [-0.05, 0) is 98.8 Å². The Morgan fingerprint density at radius 1 is 0.556 bits per heavy atom. The summed E-state index contributed by atoms with van der Waals surface area (Å²) in [5.41, 5.74) is 10.8. The Bertz CT molecular complexity index is 3830. The summed E-state index contributed by atoms with van der Waals surface area (Å²) in [4.78, 5) is 2.47. The number of hydrogen-bond acceptors (Lipinski definition) is 2. The zero-order valence-electron chi connectivity index (χ0n) is 34.7. The van der Waals surface area contributed by atoms with E-state index >= 15 is 0 Å². The summed E-state index contributed by atoms with van der Waals surface area (Å²) < 4.78 is 9.01. The van der Waals surface area contributed by atoms with Gasteiger partial charge in [-0.25, -0.2) is 0 Å². The van der Waals surface area contributed by atoms with Crippen molar-refractivity contribution >= 4 is 78.5 Å². The molecule has 1 aliphatic rings. The third-order valence-corrected chi connectivity index (χ3v) is 12.8. The quantitative estimate of drug-likeness (QED) is 0.167. The molecule has 0 aliphatic heterocycles. The fourth-order valence-electron chi connectivity index (χ4n) is 9.83. The second kappa shape index (κ2) is 15.1. The molecule has 63 heavy (non-hydrogen) atoms. The maximum Gasteiger partial charge on any atom is 0.143 e. The highest BCUT2D eigenvalue weighted by Crippen LogP contribution is 2.45. The van der Waals surface area contributed by atoms with Gasteiger partial charge in [-0.15, -0.1) is 0 Å². The summed E-state index contributed by atoms with van der Waals surface area (Å²) in [7, 11) is 0. The third kappa shape index (κ3) is 6.20. The van der Waals surface area contributed by atoms with Crippen molar-refractivity contribution in [1.82, 2.24) is 4.57 Å². The molecule has 2 heterocycles. The van der Waals surface area contributed by atoms with Crippen LogP contribution >= 0.6 is 0 Å². The lowest BCUT2D eigenvalue weighted by atomic mass is 9.95. The molecule has 3 nitrogen and oxygen atoms in total. The molecule has 11 aromatic rings. The van der Waals surface area contributed by atoms with Crippen LogP contribution in [0.1, 0.15) is 6.42 Å². The summed E-state index contributed by atoms with van der Waals surface area (Å²) in [5.74, 6) is 0.212. The van der Waals surface area contributed by atoms with Crippen LogP contribution < -0.4 is 15.3 Å². The van der Waals surface area contributed by atoms with Crippen LogP contribution in [0.25, 0.3) is 84.0 Å². The molecule has 12 rings (SSSR count). The number of para-hydroxylation sites is 5. The van der Waals surface area contributed by atoms with Gasteiger partial charge in [-0.1, -0.05) is 176 Å². The zero-order chi connectivity index (χ0) is 41.9. The average Bonchev–Trinajstić information content (AvgIpc) is 3.89. The van der Waals surface area contributed by atoms with Crippen molar-refractivity contribution in [3.8, 4) is 16.8 Å². The SMILES string of the molecule is C=c1cccc/c1=c1\cccc\c1=C/C1C=CC(N(c2ccccc2-c2ccc3oc4c5ccccc5ccc4c3c2)c2ccccc2-n2c3ccccc3c3ccccc32)=CC1. The largest absolute Gasteiger partial charge is 0.455 e. The van der Waals surface area contributed by atoms with Gasteiger partial charge in [0.05, 0.1) is 28.1 Å². The number of allylic oxidation sites excluding steroid dienone is 3. The molecule has 298 valence electrons. The zero-order valence-corrected chi connectivity index (χ0v) is 34.7. The number of benzene rings is 9. The van der Waals surface area contributed by atoms with Crippen LogP contribution in [0.15, 0.2) is 229 Å². The lowest BCUT2D eigenvalue weighted by Gasteiger charge is -2.32. The van der Waals surface area contributed by atoms with Crippen molar-refractivity contribution in [1.29, 1.82) is 0 Å². The van der Waals surface area contributed by atoms with Gasteiger partial charge < -0.3 is 13.9 Å². The monoisotopic (exact) mass is 806 g/mol. The number of rotatable bonds is 6. The van der Waals surface area contributed by atoms with Gasteiger partial charge >= 0.3 is 0 Å². The van der Waals surface area contributed by atoms with Crippen molar-refractivity contribution in [2.45, 2.75) is 6.42 Å². The Hall–Kier alpha value is -8.14. The maximum absolute atomic E-state index is 6.58. The Balaban J connectivity index is 1.05. The highest BCUT2D eigenvalue weighted by atomic mass is 16.3. The second-order valence-corrected chi connectivity index (χ2v) is 16.5. The fraction of sp³-hybridized carbons (Fsp3) is 0.0333. The van der Waals surface area contributed by atoms with Gasteiger partial charge in [0.2, 0.25) is 0 Å². The van der Waals surface area contributed by atoms with E-state index < -0.39 is 0 Å². The number of furan rings is 1. The van der Waals surface area contributed by atoms with Crippen LogP contribution in [0, 0.1) is 16.4 Å². The van der Waals surface area contributed by atoms with E-state index in [4.69, 9.17) is 4.42 Å². The summed E-state index contributed by atoms with van der Waals surface area (Å²) in [6.45, 7) is 4.35. The molecule has 1 atom stereocenters. The lowest BCUT2D eigenvalue weighted by molar-refractivity contribution is 0.672. The Morgan fingerprint density at radius 3 is 2.02 bits per heavy atom. The number of aromatic nitrogens is 1. The van der Waals surface area contributed by atoms with E-state index in [1.165, 1.54) is 42.8 Å². The second-order valence-electron chi connectivity index (χ2n) is 16.5. The van der Waals surface area contributed by atoms with Gasteiger partial charge in [-0.3, -0.25) is 0 Å². The molecule has 9 aromatic carbocycles. The van der Waals surface area contributed by atoms with Gasteiger partial charge in [0, 0.05) is 38.2 Å². The molecule has 0 bridgehead atoms. The molecule has 0 fully saturated rings. The standard InChI is InChI=1S/C60H42N2O/c1-40-16-2-5-19-46(40)47-20-6-4-18-43(47)38-41-30-34-45(35-31-41)61(57-28-14-15-29-58(57)62-55-26-12-9-23-50(55)51-24-10-13-27-56(51)62)54-25-11-8-21-48(54)44-33-37-59-53(39-44)52-36-32-42-17-3-7-22-49(42)60(52)63-59/h2-30,32-39,41H,1,31H2/b43-38+,47-46-. The molecule has 0 radical (unpaired) electrons. The van der Waals surface area contributed by atoms with E-state index in [1.54, 1.807) is 0 Å². The topological polar surface area (TPSA) is 21.3 Å². The Kier molecular flexibility index (Phi) is 8.79. The van der Waals surface area contributed by atoms with Gasteiger partial charge in [0.15, 0.2) is 0 Å². The minimum Gasteiger partial charge on any atom is -0.455 e. The maximum atomic E-state index is 6.58. The number of hydrogen-bond donors (Lipinski definition) is 0. The number of fused-ring (bicyclic) bond motifs is 8. The molecule has 2 aromatic heterocycles. The summed E-state index contributed by atoms with van der Waals surface area (Å²) in [5, 5.41) is 11.6. The Morgan fingerprint density at radius 2 is 1.22 bits per heavy atom. The first-order chi connectivity index (χ1) is 31.2. The molecule has 0 spiro atoms. The first-order valence-electron chi connectivity index (χ1n) is 21.7. The minimum absolute atomic E-state index is 0.212. The molecule has 0 saturated carbocycles. The van der Waals surface area contributed by atoms with Crippen LogP contribution in [0.3, 0.4) is 0 Å². The fourth-order valence-corrected chi connectivity index (χ4v) is 9.83. The van der Waals surface area contributed by atoms with Crippen LogP contribution in [0.5, 0.6) is 0 Å². The number of nitrogens with zero attached hydrogens (tertiary/aromatic N) is 2. The van der Waals surface area contributed by atoms with Crippen molar-refractivity contribution < 1.29 is 4.42 Å². The normalized spacial score (nSPS) is 14.9. The first kappa shape index (κ1) is 36.7. The van der Waals surface area contributed by atoms with Gasteiger partial charge in [0.25, 0.3) is 0 Å². The summed E-state index contributed by atoms with van der Waals surface area (Å²) >= 11 is 0. The predicted octanol–water partition coefficient (Wildman–Crippen LogP) is 14.3. The number of anilines is 2. The van der Waals surface area contributed by atoms with Gasteiger partial charge in [-0.2, -0.15) is 0 Å². The Labute approximate surface area is 365 Å². The van der Waals surface area contributed by atoms with Crippen molar-refractivity contribution in [2.75, 3.05) is 4.90 Å². The molecule has 1 aliphatic carbocycles. The summed E-state index contributed by atoms with van der Waals surface area (Å²) in [6.07, 6.45) is 10.4. The average molecular weight is 807 g/mol. The van der Waals surface area contributed by atoms with Crippen molar-refractivity contribution in [2.24, 2.45) is 5.92 Å². The van der Waals surface area contributed by atoms with E-state index in [0.717, 1.165) is 72.9 Å². The molecule has 0 saturated heterocycles. The van der Waals surface area contributed by atoms with Gasteiger partial charge in [0.1, 0.15) is 11.2 Å². The highest BCUT2D eigenvalue weighted by Gasteiger charge is 2.24. The molecule has 3 heteroatoms. The van der Waals surface area contributed by atoms with Crippen LogP contribution in [-0.4, -0.2) is 4.57 Å². The summed E-state index contributed by atoms with van der Waals surface area (Å²) in [6, 6.07) is 71.8. The van der Waals surface area contributed by atoms with Crippen molar-refractivity contribution in [3.63, 3.8) is 0 Å². The molecule has 0 amide bonds. The molecular weight excluding hydrogens is 765 g/mol. The molecular formula is C60H42N2O. The van der Waals surface area contributed by atoms with E-state index in [0.29, 0.717) is 0 Å².